The number of furan rings is 1. The zero-order chi connectivity index (χ0) is 18.1. The van der Waals surface area contributed by atoms with Gasteiger partial charge in [-0.05, 0) is 56.7 Å². The van der Waals surface area contributed by atoms with Crippen molar-refractivity contribution in [1.29, 1.82) is 0 Å². The molecule has 1 atom stereocenters. The van der Waals surface area contributed by atoms with E-state index < -0.39 is 0 Å². The molecule has 1 amide bonds. The van der Waals surface area contributed by atoms with Gasteiger partial charge in [0.2, 0.25) is 5.91 Å². The first kappa shape index (κ1) is 18.8. The number of ketones is 1. The maximum Gasteiger partial charge on any atom is 0.220 e. The first-order valence-corrected chi connectivity index (χ1v) is 8.66. The zero-order valence-electron chi connectivity index (χ0n) is 14.8. The smallest absolute Gasteiger partial charge is 0.220 e. The second kappa shape index (κ2) is 9.67. The number of amides is 1. The van der Waals surface area contributed by atoms with Gasteiger partial charge >= 0.3 is 0 Å². The van der Waals surface area contributed by atoms with Crippen LogP contribution in [0.1, 0.15) is 49.2 Å². The molecule has 1 aromatic carbocycles. The topological polar surface area (TPSA) is 68.5 Å². The van der Waals surface area contributed by atoms with Crippen LogP contribution >= 0.6 is 0 Å². The van der Waals surface area contributed by atoms with Crippen LogP contribution in [0.25, 0.3) is 0 Å². The van der Waals surface area contributed by atoms with Gasteiger partial charge in [0.15, 0.2) is 5.78 Å². The summed E-state index contributed by atoms with van der Waals surface area (Å²) in [6.45, 7) is 4.45. The van der Waals surface area contributed by atoms with E-state index >= 15 is 0 Å². The van der Waals surface area contributed by atoms with Gasteiger partial charge in [-0.15, -0.1) is 0 Å². The highest BCUT2D eigenvalue weighted by Gasteiger charge is 2.12. The molecule has 0 spiro atoms. The normalized spacial score (nSPS) is 11.8. The first-order valence-electron chi connectivity index (χ1n) is 8.66. The molecule has 1 aromatic heterocycles. The molecule has 0 radical (unpaired) electrons. The van der Waals surface area contributed by atoms with Gasteiger partial charge in [0, 0.05) is 30.9 Å². The number of carbonyl (C=O) groups excluding carboxylic acids is 2. The van der Waals surface area contributed by atoms with Crippen LogP contribution in [0.3, 0.4) is 0 Å². The Morgan fingerprint density at radius 3 is 2.56 bits per heavy atom. The molecular weight excluding hydrogens is 318 g/mol. The number of carbonyl (C=O) groups is 2. The summed E-state index contributed by atoms with van der Waals surface area (Å²) in [4.78, 5) is 24.1. The van der Waals surface area contributed by atoms with E-state index in [2.05, 4.69) is 5.32 Å². The van der Waals surface area contributed by atoms with Gasteiger partial charge in [-0.25, -0.2) is 0 Å². The van der Waals surface area contributed by atoms with Gasteiger partial charge in [-0.2, -0.15) is 0 Å². The predicted molar refractivity (Wildman–Crippen MR) is 95.8 cm³/mol. The molecular formula is C20H25NO4. The lowest BCUT2D eigenvalue weighted by atomic mass is 10.1. The number of rotatable bonds is 10. The van der Waals surface area contributed by atoms with Crippen molar-refractivity contribution in [2.24, 2.45) is 0 Å². The lowest BCUT2D eigenvalue weighted by molar-refractivity contribution is -0.121. The molecule has 0 aliphatic carbocycles. The molecule has 0 fully saturated rings. The summed E-state index contributed by atoms with van der Waals surface area (Å²) in [7, 11) is 0. The van der Waals surface area contributed by atoms with Crippen molar-refractivity contribution >= 4 is 11.7 Å². The Morgan fingerprint density at radius 1 is 1.16 bits per heavy atom. The highest BCUT2D eigenvalue weighted by molar-refractivity contribution is 5.98. The SMILES string of the molecule is CCOc1ccc(C(=O)CCC(=O)N[C@H](C)CCc2ccco2)cc1. The van der Waals surface area contributed by atoms with E-state index in [1.807, 2.05) is 26.0 Å². The van der Waals surface area contributed by atoms with Crippen molar-refractivity contribution in [2.45, 2.75) is 45.6 Å². The minimum absolute atomic E-state index is 0.0400. The summed E-state index contributed by atoms with van der Waals surface area (Å²) in [5.41, 5.74) is 0.599. The minimum atomic E-state index is -0.105. The number of Topliss-reactive ketones (excluding diaryl/α,β-unsaturated/α-hetero) is 1. The molecule has 2 rings (SSSR count). The lowest BCUT2D eigenvalue weighted by Gasteiger charge is -2.13. The van der Waals surface area contributed by atoms with E-state index in [0.717, 1.165) is 24.4 Å². The molecule has 0 bridgehead atoms. The Morgan fingerprint density at radius 2 is 1.92 bits per heavy atom. The van der Waals surface area contributed by atoms with Gasteiger partial charge < -0.3 is 14.5 Å². The summed E-state index contributed by atoms with van der Waals surface area (Å²) in [6, 6.07) is 10.8. The van der Waals surface area contributed by atoms with E-state index in [1.54, 1.807) is 30.5 Å². The molecule has 2 aromatic rings. The van der Waals surface area contributed by atoms with Crippen molar-refractivity contribution in [1.82, 2.24) is 5.32 Å². The molecule has 5 nitrogen and oxygen atoms in total. The van der Waals surface area contributed by atoms with Crippen LogP contribution in [0.15, 0.2) is 47.1 Å². The first-order chi connectivity index (χ1) is 12.1. The van der Waals surface area contributed by atoms with Gasteiger partial charge in [0.25, 0.3) is 0 Å². The fourth-order valence-corrected chi connectivity index (χ4v) is 2.51. The Bertz CT molecular complexity index is 662. The maximum atomic E-state index is 12.2. The fourth-order valence-electron chi connectivity index (χ4n) is 2.51. The number of ether oxygens (including phenoxy) is 1. The standard InChI is InChI=1S/C20H25NO4/c1-3-24-18-10-7-16(8-11-18)19(22)12-13-20(23)21-15(2)6-9-17-5-4-14-25-17/h4-5,7-8,10-11,14-15H,3,6,9,12-13H2,1-2H3,(H,21,23)/t15-/m1/s1. The van der Waals surface area contributed by atoms with Crippen LogP contribution in [0, 0.1) is 0 Å². The van der Waals surface area contributed by atoms with Crippen molar-refractivity contribution < 1.29 is 18.7 Å². The van der Waals surface area contributed by atoms with Gasteiger partial charge in [0.05, 0.1) is 12.9 Å². The van der Waals surface area contributed by atoms with Crippen LogP contribution in [0.2, 0.25) is 0 Å². The van der Waals surface area contributed by atoms with Crippen molar-refractivity contribution in [3.8, 4) is 5.75 Å². The van der Waals surface area contributed by atoms with Crippen molar-refractivity contribution in [3.63, 3.8) is 0 Å². The molecule has 0 unspecified atom stereocenters. The predicted octanol–water partition coefficient (Wildman–Crippen LogP) is 3.78. The Kier molecular flexibility index (Phi) is 7.26. The molecule has 1 N–H and O–H groups in total. The Labute approximate surface area is 148 Å². The van der Waals surface area contributed by atoms with Crippen molar-refractivity contribution in [3.05, 3.63) is 54.0 Å². The van der Waals surface area contributed by atoms with Crippen LogP contribution < -0.4 is 10.1 Å². The lowest BCUT2D eigenvalue weighted by Crippen LogP contribution is -2.33. The van der Waals surface area contributed by atoms with Crippen LogP contribution in [-0.4, -0.2) is 24.3 Å². The average Bonchev–Trinajstić information content (AvgIpc) is 3.12. The van der Waals surface area contributed by atoms with E-state index in [-0.39, 0.29) is 30.6 Å². The number of nitrogens with one attached hydrogen (secondary N) is 1. The minimum Gasteiger partial charge on any atom is -0.494 e. The summed E-state index contributed by atoms with van der Waals surface area (Å²) < 4.78 is 10.6. The van der Waals surface area contributed by atoms with E-state index in [0.29, 0.717) is 12.2 Å². The van der Waals surface area contributed by atoms with Gasteiger partial charge in [-0.3, -0.25) is 9.59 Å². The summed E-state index contributed by atoms with van der Waals surface area (Å²) in [5, 5.41) is 2.92. The highest BCUT2D eigenvalue weighted by Crippen LogP contribution is 2.14. The van der Waals surface area contributed by atoms with E-state index in [9.17, 15) is 9.59 Å². The third kappa shape index (κ3) is 6.45. The summed E-state index contributed by atoms with van der Waals surface area (Å²) in [6.07, 6.45) is 3.61. The van der Waals surface area contributed by atoms with Crippen LogP contribution in [-0.2, 0) is 11.2 Å². The van der Waals surface area contributed by atoms with E-state index in [4.69, 9.17) is 9.15 Å². The highest BCUT2D eigenvalue weighted by atomic mass is 16.5. The zero-order valence-corrected chi connectivity index (χ0v) is 14.8. The number of hydrogen-bond donors (Lipinski definition) is 1. The second-order valence-electron chi connectivity index (χ2n) is 5.97. The second-order valence-corrected chi connectivity index (χ2v) is 5.97. The summed E-state index contributed by atoms with van der Waals surface area (Å²) in [5.74, 6) is 1.50. The maximum absolute atomic E-state index is 12.2. The molecule has 0 aliphatic rings. The number of benzene rings is 1. The van der Waals surface area contributed by atoms with Crippen LogP contribution in [0.5, 0.6) is 5.75 Å². The van der Waals surface area contributed by atoms with Gasteiger partial charge in [-0.1, -0.05) is 0 Å². The average molecular weight is 343 g/mol. The monoisotopic (exact) mass is 343 g/mol. The molecule has 1 heterocycles. The van der Waals surface area contributed by atoms with E-state index in [1.165, 1.54) is 0 Å². The Hall–Kier alpha value is -2.56. The molecule has 5 heteroatoms. The molecule has 0 saturated carbocycles. The number of hydrogen-bond acceptors (Lipinski definition) is 4. The van der Waals surface area contributed by atoms with Gasteiger partial charge in [0.1, 0.15) is 11.5 Å². The number of aryl methyl sites for hydroxylation is 1. The molecule has 0 saturated heterocycles. The quantitative estimate of drug-likeness (QED) is 0.667. The largest absolute Gasteiger partial charge is 0.494 e. The molecule has 0 aliphatic heterocycles. The Balaban J connectivity index is 1.70. The molecule has 134 valence electrons. The van der Waals surface area contributed by atoms with Crippen molar-refractivity contribution in [2.75, 3.05) is 6.61 Å². The molecule has 25 heavy (non-hydrogen) atoms. The summed E-state index contributed by atoms with van der Waals surface area (Å²) >= 11 is 0. The third-order valence-corrected chi connectivity index (χ3v) is 3.88. The third-order valence-electron chi connectivity index (χ3n) is 3.88. The van der Waals surface area contributed by atoms with Crippen LogP contribution in [0.4, 0.5) is 0 Å². The fraction of sp³-hybridized carbons (Fsp3) is 0.400.